The molecule has 2 aromatic heterocycles. The molecule has 1 aliphatic rings. The molecule has 0 radical (unpaired) electrons. The SMILES string of the molecule is O=C(Nc1ccc(Cl)cc1)C1CCCN(c2nc3ccsc3c(=O)n2Cc2ccc(F)cc2)C1. The molecule has 1 fully saturated rings. The van der Waals surface area contributed by atoms with E-state index in [0.29, 0.717) is 40.0 Å². The fourth-order valence-corrected chi connectivity index (χ4v) is 5.14. The van der Waals surface area contributed by atoms with Gasteiger partial charge in [0.2, 0.25) is 11.9 Å². The molecule has 3 heterocycles. The standard InChI is InChI=1S/C25H22ClFN4O2S/c26-18-5-9-20(10-6-18)28-23(32)17-2-1-12-30(15-17)25-29-21-11-13-34-22(21)24(33)31(25)14-16-3-7-19(27)8-4-16/h3-11,13,17H,1-2,12,14-15H2,(H,28,32). The smallest absolute Gasteiger partial charge is 0.273 e. The summed E-state index contributed by atoms with van der Waals surface area (Å²) in [5.41, 5.74) is 2.01. The summed E-state index contributed by atoms with van der Waals surface area (Å²) < 4.78 is 15.6. The van der Waals surface area contributed by atoms with Crippen molar-refractivity contribution in [2.45, 2.75) is 19.4 Å². The predicted octanol–water partition coefficient (Wildman–Crippen LogP) is 5.15. The lowest BCUT2D eigenvalue weighted by Crippen LogP contribution is -2.43. The number of thiophene rings is 1. The Hall–Kier alpha value is -3.23. The maximum absolute atomic E-state index is 13.4. The summed E-state index contributed by atoms with van der Waals surface area (Å²) in [6.07, 6.45) is 1.55. The van der Waals surface area contributed by atoms with Crippen LogP contribution in [0.1, 0.15) is 18.4 Å². The van der Waals surface area contributed by atoms with Crippen LogP contribution in [0.15, 0.2) is 64.8 Å². The van der Waals surface area contributed by atoms with Crippen molar-refractivity contribution in [3.63, 3.8) is 0 Å². The molecular formula is C25H22ClFN4O2S. The number of fused-ring (bicyclic) bond motifs is 1. The molecular weight excluding hydrogens is 475 g/mol. The van der Waals surface area contributed by atoms with Gasteiger partial charge in [-0.3, -0.25) is 14.2 Å². The summed E-state index contributed by atoms with van der Waals surface area (Å²) in [6.45, 7) is 1.41. The zero-order valence-corrected chi connectivity index (χ0v) is 19.8. The Morgan fingerprint density at radius 2 is 1.91 bits per heavy atom. The minimum Gasteiger partial charge on any atom is -0.341 e. The van der Waals surface area contributed by atoms with Gasteiger partial charge in [-0.05, 0) is 66.2 Å². The summed E-state index contributed by atoms with van der Waals surface area (Å²) in [4.78, 5) is 33.1. The number of nitrogens with zero attached hydrogens (tertiary/aromatic N) is 3. The van der Waals surface area contributed by atoms with Crippen LogP contribution in [0.3, 0.4) is 0 Å². The van der Waals surface area contributed by atoms with E-state index in [9.17, 15) is 14.0 Å². The number of carbonyl (C=O) groups is 1. The molecule has 0 spiro atoms. The maximum atomic E-state index is 13.4. The molecule has 6 nitrogen and oxygen atoms in total. The Kier molecular flexibility index (Phi) is 6.34. The molecule has 2 aromatic carbocycles. The minimum absolute atomic E-state index is 0.0731. The number of carbonyl (C=O) groups excluding carboxylic acids is 1. The molecule has 1 aliphatic heterocycles. The van der Waals surface area contributed by atoms with Crippen molar-refractivity contribution >= 4 is 50.7 Å². The number of amides is 1. The molecule has 1 saturated heterocycles. The first-order valence-electron chi connectivity index (χ1n) is 11.0. The molecule has 4 aromatic rings. The molecule has 1 atom stereocenters. The Bertz CT molecular complexity index is 1390. The Morgan fingerprint density at radius 3 is 2.68 bits per heavy atom. The second kappa shape index (κ2) is 9.56. The molecule has 0 bridgehead atoms. The summed E-state index contributed by atoms with van der Waals surface area (Å²) in [6, 6.07) is 15.0. The highest BCUT2D eigenvalue weighted by molar-refractivity contribution is 7.17. The van der Waals surface area contributed by atoms with Crippen LogP contribution in [-0.2, 0) is 11.3 Å². The quantitative estimate of drug-likeness (QED) is 0.415. The number of halogens is 2. The Morgan fingerprint density at radius 1 is 1.15 bits per heavy atom. The normalized spacial score (nSPS) is 16.1. The molecule has 9 heteroatoms. The zero-order valence-electron chi connectivity index (χ0n) is 18.2. The van der Waals surface area contributed by atoms with Gasteiger partial charge in [0.25, 0.3) is 5.56 Å². The van der Waals surface area contributed by atoms with Gasteiger partial charge in [0.15, 0.2) is 0 Å². The molecule has 5 rings (SSSR count). The third-order valence-corrected chi connectivity index (χ3v) is 7.13. The first-order chi connectivity index (χ1) is 16.5. The van der Waals surface area contributed by atoms with E-state index in [4.69, 9.17) is 16.6 Å². The Balaban J connectivity index is 1.44. The second-order valence-electron chi connectivity index (χ2n) is 8.35. The predicted molar refractivity (Wildman–Crippen MR) is 134 cm³/mol. The van der Waals surface area contributed by atoms with Crippen molar-refractivity contribution < 1.29 is 9.18 Å². The molecule has 1 amide bonds. The van der Waals surface area contributed by atoms with E-state index in [0.717, 1.165) is 18.4 Å². The summed E-state index contributed by atoms with van der Waals surface area (Å²) in [5, 5.41) is 5.42. The second-order valence-corrected chi connectivity index (χ2v) is 9.70. The third-order valence-electron chi connectivity index (χ3n) is 5.99. The van der Waals surface area contributed by atoms with E-state index in [2.05, 4.69) is 5.32 Å². The van der Waals surface area contributed by atoms with Gasteiger partial charge in [-0.15, -0.1) is 11.3 Å². The number of benzene rings is 2. The number of hydrogen-bond donors (Lipinski definition) is 1. The Labute approximate surface area is 204 Å². The van der Waals surface area contributed by atoms with E-state index >= 15 is 0 Å². The molecule has 1 unspecified atom stereocenters. The van der Waals surface area contributed by atoms with Gasteiger partial charge in [-0.1, -0.05) is 23.7 Å². The van der Waals surface area contributed by atoms with Crippen LogP contribution in [0, 0.1) is 11.7 Å². The van der Waals surface area contributed by atoms with Crippen LogP contribution in [-0.4, -0.2) is 28.5 Å². The minimum atomic E-state index is -0.325. The first kappa shape index (κ1) is 22.6. The lowest BCUT2D eigenvalue weighted by molar-refractivity contribution is -0.120. The fraction of sp³-hybridized carbons (Fsp3) is 0.240. The largest absolute Gasteiger partial charge is 0.341 e. The van der Waals surface area contributed by atoms with E-state index in [1.54, 1.807) is 41.0 Å². The van der Waals surface area contributed by atoms with Gasteiger partial charge in [0.05, 0.1) is 18.0 Å². The lowest BCUT2D eigenvalue weighted by atomic mass is 9.97. The summed E-state index contributed by atoms with van der Waals surface area (Å²) in [5.74, 6) is -0.118. The highest BCUT2D eigenvalue weighted by Crippen LogP contribution is 2.26. The fourth-order valence-electron chi connectivity index (χ4n) is 4.24. The van der Waals surface area contributed by atoms with Gasteiger partial charge < -0.3 is 10.2 Å². The maximum Gasteiger partial charge on any atom is 0.273 e. The number of aromatic nitrogens is 2. The van der Waals surface area contributed by atoms with Crippen molar-refractivity contribution in [1.82, 2.24) is 9.55 Å². The van der Waals surface area contributed by atoms with Gasteiger partial charge in [0.1, 0.15) is 10.5 Å². The molecule has 174 valence electrons. The first-order valence-corrected chi connectivity index (χ1v) is 12.3. The highest BCUT2D eigenvalue weighted by Gasteiger charge is 2.29. The van der Waals surface area contributed by atoms with Crippen LogP contribution < -0.4 is 15.8 Å². The van der Waals surface area contributed by atoms with Crippen molar-refractivity contribution in [1.29, 1.82) is 0 Å². The monoisotopic (exact) mass is 496 g/mol. The van der Waals surface area contributed by atoms with Crippen molar-refractivity contribution in [3.8, 4) is 0 Å². The van der Waals surface area contributed by atoms with E-state index in [1.165, 1.54) is 23.5 Å². The van der Waals surface area contributed by atoms with Gasteiger partial charge in [0, 0.05) is 23.8 Å². The third kappa shape index (κ3) is 4.69. The number of hydrogen-bond acceptors (Lipinski definition) is 5. The topological polar surface area (TPSA) is 67.2 Å². The van der Waals surface area contributed by atoms with Gasteiger partial charge in [-0.2, -0.15) is 0 Å². The molecule has 0 aliphatic carbocycles. The molecule has 34 heavy (non-hydrogen) atoms. The van der Waals surface area contributed by atoms with Crippen LogP contribution >= 0.6 is 22.9 Å². The number of nitrogens with one attached hydrogen (secondary N) is 1. The van der Waals surface area contributed by atoms with E-state index < -0.39 is 0 Å². The number of anilines is 2. The van der Waals surface area contributed by atoms with Crippen molar-refractivity contribution in [2.75, 3.05) is 23.3 Å². The summed E-state index contributed by atoms with van der Waals surface area (Å²) >= 11 is 7.29. The van der Waals surface area contributed by atoms with Gasteiger partial charge in [-0.25, -0.2) is 9.37 Å². The average Bonchev–Trinajstić information content (AvgIpc) is 3.33. The van der Waals surface area contributed by atoms with E-state index in [1.807, 2.05) is 16.3 Å². The molecule has 1 N–H and O–H groups in total. The van der Waals surface area contributed by atoms with E-state index in [-0.39, 0.29) is 29.7 Å². The van der Waals surface area contributed by atoms with Crippen molar-refractivity contribution in [3.05, 3.63) is 86.7 Å². The molecule has 0 saturated carbocycles. The van der Waals surface area contributed by atoms with Gasteiger partial charge >= 0.3 is 0 Å². The average molecular weight is 497 g/mol. The number of piperidine rings is 1. The van der Waals surface area contributed by atoms with Crippen LogP contribution in [0.5, 0.6) is 0 Å². The number of rotatable bonds is 5. The van der Waals surface area contributed by atoms with Crippen molar-refractivity contribution in [2.24, 2.45) is 5.92 Å². The zero-order chi connectivity index (χ0) is 23.7. The van der Waals surface area contributed by atoms with Crippen LogP contribution in [0.4, 0.5) is 16.0 Å². The highest BCUT2D eigenvalue weighted by atomic mass is 35.5. The summed E-state index contributed by atoms with van der Waals surface area (Å²) in [7, 11) is 0. The lowest BCUT2D eigenvalue weighted by Gasteiger charge is -2.34. The van der Waals surface area contributed by atoms with Crippen LogP contribution in [0.2, 0.25) is 5.02 Å². The van der Waals surface area contributed by atoms with Crippen LogP contribution in [0.25, 0.3) is 10.2 Å².